The van der Waals surface area contributed by atoms with Gasteiger partial charge in [0.2, 0.25) is 5.78 Å². The predicted octanol–water partition coefficient (Wildman–Crippen LogP) is 3.63. The first-order chi connectivity index (χ1) is 13.0. The molecule has 136 valence electrons. The third kappa shape index (κ3) is 3.67. The molecule has 0 aliphatic heterocycles. The summed E-state index contributed by atoms with van der Waals surface area (Å²) in [4.78, 5) is 17.1. The molecular formula is C21H19N3O3. The lowest BCUT2D eigenvalue weighted by molar-refractivity contribution is 0.0919. The summed E-state index contributed by atoms with van der Waals surface area (Å²) in [7, 11) is 1.49. The van der Waals surface area contributed by atoms with E-state index >= 15 is 0 Å². The van der Waals surface area contributed by atoms with Gasteiger partial charge >= 0.3 is 0 Å². The van der Waals surface area contributed by atoms with Crippen LogP contribution in [0.1, 0.15) is 27.3 Å². The molecule has 2 aromatic heterocycles. The Balaban J connectivity index is 1.81. The average Bonchev–Trinajstić information content (AvgIpc) is 3.00. The van der Waals surface area contributed by atoms with Gasteiger partial charge in [0.05, 0.1) is 18.7 Å². The lowest BCUT2D eigenvalue weighted by Gasteiger charge is -2.11. The van der Waals surface area contributed by atoms with Crippen molar-refractivity contribution >= 4 is 5.78 Å². The van der Waals surface area contributed by atoms with Crippen molar-refractivity contribution in [3.63, 3.8) is 0 Å². The second-order valence-electron chi connectivity index (χ2n) is 6.00. The third-order valence-electron chi connectivity index (χ3n) is 4.26. The topological polar surface area (TPSA) is 77.1 Å². The Labute approximate surface area is 157 Å². The van der Waals surface area contributed by atoms with E-state index in [1.807, 2.05) is 48.7 Å². The first-order valence-electron chi connectivity index (χ1n) is 8.39. The Morgan fingerprint density at radius 3 is 2.67 bits per heavy atom. The van der Waals surface area contributed by atoms with E-state index < -0.39 is 0 Å². The summed E-state index contributed by atoms with van der Waals surface area (Å²) in [6.07, 6.45) is 1.72. The van der Waals surface area contributed by atoms with Crippen molar-refractivity contribution in [1.29, 1.82) is 5.26 Å². The number of pyridine rings is 1. The van der Waals surface area contributed by atoms with E-state index in [-0.39, 0.29) is 12.4 Å². The molecule has 0 saturated heterocycles. The van der Waals surface area contributed by atoms with E-state index in [1.165, 1.54) is 7.11 Å². The van der Waals surface area contributed by atoms with Crippen LogP contribution < -0.4 is 9.47 Å². The minimum absolute atomic E-state index is 0.130. The highest BCUT2D eigenvalue weighted by Crippen LogP contribution is 2.28. The SMILES string of the molecule is COc1cc(C#N)ccc1OCC(=O)c1cc(C)n(-c2ccccn2)c1C. The smallest absolute Gasteiger partial charge is 0.202 e. The van der Waals surface area contributed by atoms with E-state index in [9.17, 15) is 4.79 Å². The molecule has 0 aliphatic carbocycles. The summed E-state index contributed by atoms with van der Waals surface area (Å²) in [6, 6.07) is 14.4. The molecule has 6 heteroatoms. The zero-order chi connectivity index (χ0) is 19.4. The number of carbonyl (C=O) groups excluding carboxylic acids is 1. The van der Waals surface area contributed by atoms with Crippen LogP contribution >= 0.6 is 0 Å². The van der Waals surface area contributed by atoms with Crippen LogP contribution in [0.25, 0.3) is 5.82 Å². The summed E-state index contributed by atoms with van der Waals surface area (Å²) in [5.41, 5.74) is 2.78. The van der Waals surface area contributed by atoms with Crippen molar-refractivity contribution in [2.24, 2.45) is 0 Å². The van der Waals surface area contributed by atoms with Crippen LogP contribution in [0.3, 0.4) is 0 Å². The molecule has 27 heavy (non-hydrogen) atoms. The molecule has 0 atom stereocenters. The Hall–Kier alpha value is -3.59. The fourth-order valence-corrected chi connectivity index (χ4v) is 2.96. The van der Waals surface area contributed by atoms with Crippen molar-refractivity contribution in [2.45, 2.75) is 13.8 Å². The van der Waals surface area contributed by atoms with Gasteiger partial charge in [-0.2, -0.15) is 5.26 Å². The molecule has 3 aromatic rings. The van der Waals surface area contributed by atoms with Gasteiger partial charge in [-0.3, -0.25) is 4.79 Å². The average molecular weight is 361 g/mol. The molecule has 0 amide bonds. The highest BCUT2D eigenvalue weighted by Gasteiger charge is 2.18. The zero-order valence-corrected chi connectivity index (χ0v) is 15.4. The largest absolute Gasteiger partial charge is 0.493 e. The summed E-state index contributed by atoms with van der Waals surface area (Å²) < 4.78 is 12.8. The lowest BCUT2D eigenvalue weighted by atomic mass is 10.1. The minimum atomic E-state index is -0.142. The summed E-state index contributed by atoms with van der Waals surface area (Å²) >= 11 is 0. The molecule has 0 bridgehead atoms. The Morgan fingerprint density at radius 1 is 1.19 bits per heavy atom. The molecule has 1 aromatic carbocycles. The Kier molecular flexibility index (Phi) is 5.23. The monoisotopic (exact) mass is 361 g/mol. The number of benzene rings is 1. The minimum Gasteiger partial charge on any atom is -0.493 e. The van der Waals surface area contributed by atoms with Gasteiger partial charge < -0.3 is 14.0 Å². The quantitative estimate of drug-likeness (QED) is 0.627. The van der Waals surface area contributed by atoms with Crippen LogP contribution in [0.2, 0.25) is 0 Å². The number of hydrogen-bond acceptors (Lipinski definition) is 5. The Morgan fingerprint density at radius 2 is 2.00 bits per heavy atom. The molecule has 6 nitrogen and oxygen atoms in total. The van der Waals surface area contributed by atoms with Gasteiger partial charge in [0.25, 0.3) is 0 Å². The van der Waals surface area contributed by atoms with Crippen LogP contribution in [-0.2, 0) is 0 Å². The molecule has 0 N–H and O–H groups in total. The number of hydrogen-bond donors (Lipinski definition) is 0. The number of nitrogens with zero attached hydrogens (tertiary/aromatic N) is 3. The molecule has 0 aliphatic rings. The number of ketones is 1. The van der Waals surface area contributed by atoms with E-state index in [0.717, 1.165) is 17.2 Å². The summed E-state index contributed by atoms with van der Waals surface area (Å²) in [6.45, 7) is 3.69. The van der Waals surface area contributed by atoms with E-state index in [4.69, 9.17) is 14.7 Å². The van der Waals surface area contributed by atoms with Crippen molar-refractivity contribution < 1.29 is 14.3 Å². The molecular weight excluding hydrogens is 342 g/mol. The van der Waals surface area contributed by atoms with Crippen LogP contribution in [-0.4, -0.2) is 29.1 Å². The number of methoxy groups -OCH3 is 1. The molecule has 3 rings (SSSR count). The third-order valence-corrected chi connectivity index (χ3v) is 4.26. The standard InChI is InChI=1S/C21H19N3O3/c1-14-10-17(15(2)24(14)21-6-4-5-9-23-21)18(25)13-27-19-8-7-16(12-22)11-20(19)26-3/h4-11H,13H2,1-3H3. The van der Waals surface area contributed by atoms with Gasteiger partial charge in [-0.05, 0) is 44.2 Å². The van der Waals surface area contributed by atoms with Gasteiger partial charge in [-0.15, -0.1) is 0 Å². The van der Waals surface area contributed by atoms with Crippen molar-refractivity contribution in [3.8, 4) is 23.4 Å². The van der Waals surface area contributed by atoms with Gasteiger partial charge in [-0.1, -0.05) is 6.07 Å². The van der Waals surface area contributed by atoms with Gasteiger partial charge in [0.1, 0.15) is 5.82 Å². The first-order valence-corrected chi connectivity index (χ1v) is 8.39. The second kappa shape index (κ2) is 7.75. The maximum atomic E-state index is 12.7. The number of aromatic nitrogens is 2. The number of carbonyl (C=O) groups is 1. The van der Waals surface area contributed by atoms with E-state index in [2.05, 4.69) is 4.98 Å². The molecule has 2 heterocycles. The normalized spacial score (nSPS) is 10.3. The van der Waals surface area contributed by atoms with E-state index in [0.29, 0.717) is 22.6 Å². The fourth-order valence-electron chi connectivity index (χ4n) is 2.96. The molecule has 0 fully saturated rings. The molecule has 0 radical (unpaired) electrons. The van der Waals surface area contributed by atoms with Gasteiger partial charge in [-0.25, -0.2) is 4.98 Å². The zero-order valence-electron chi connectivity index (χ0n) is 15.4. The molecule has 0 unspecified atom stereocenters. The lowest BCUT2D eigenvalue weighted by Crippen LogP contribution is -2.13. The number of nitriles is 1. The van der Waals surface area contributed by atoms with Crippen molar-refractivity contribution in [3.05, 3.63) is 71.2 Å². The predicted molar refractivity (Wildman–Crippen MR) is 101 cm³/mol. The number of ether oxygens (including phenoxy) is 2. The number of rotatable bonds is 6. The first kappa shape index (κ1) is 18.2. The maximum absolute atomic E-state index is 12.7. The molecule has 0 spiro atoms. The molecule has 0 saturated carbocycles. The van der Waals surface area contributed by atoms with Crippen LogP contribution in [0.4, 0.5) is 0 Å². The fraction of sp³-hybridized carbons (Fsp3) is 0.190. The Bertz CT molecular complexity index is 1020. The van der Waals surface area contributed by atoms with Crippen molar-refractivity contribution in [2.75, 3.05) is 13.7 Å². The maximum Gasteiger partial charge on any atom is 0.202 e. The van der Waals surface area contributed by atoms with Gasteiger partial charge in [0.15, 0.2) is 18.1 Å². The van der Waals surface area contributed by atoms with Crippen LogP contribution in [0, 0.1) is 25.2 Å². The summed E-state index contributed by atoms with van der Waals surface area (Å²) in [5.74, 6) is 1.46. The highest BCUT2D eigenvalue weighted by atomic mass is 16.5. The number of aryl methyl sites for hydroxylation is 1. The van der Waals surface area contributed by atoms with Gasteiger partial charge in [0, 0.05) is 29.2 Å². The highest BCUT2D eigenvalue weighted by molar-refractivity contribution is 5.98. The van der Waals surface area contributed by atoms with Crippen LogP contribution in [0.5, 0.6) is 11.5 Å². The van der Waals surface area contributed by atoms with E-state index in [1.54, 1.807) is 24.4 Å². The number of Topliss-reactive ketones (excluding diaryl/α,β-unsaturated/α-hetero) is 1. The van der Waals surface area contributed by atoms with Crippen molar-refractivity contribution in [1.82, 2.24) is 9.55 Å². The summed E-state index contributed by atoms with van der Waals surface area (Å²) in [5, 5.41) is 8.96. The van der Waals surface area contributed by atoms with Crippen LogP contribution in [0.15, 0.2) is 48.7 Å². The second-order valence-corrected chi connectivity index (χ2v) is 6.00.